The molecular weight excluding hydrogens is 1150 g/mol. The molecule has 0 aliphatic heterocycles. The Morgan fingerprint density at radius 3 is 0.943 bits per heavy atom. The first-order valence-electron chi connectivity index (χ1n) is 28.7. The van der Waals surface area contributed by atoms with Crippen LogP contribution in [0.5, 0.6) is 0 Å². The van der Waals surface area contributed by atoms with Gasteiger partial charge in [-0.05, 0) is 111 Å². The molecule has 3 amide bonds. The summed E-state index contributed by atoms with van der Waals surface area (Å²) in [6.07, 6.45) is 8.11. The van der Waals surface area contributed by atoms with Crippen molar-refractivity contribution in [3.05, 3.63) is 160 Å². The third-order valence-electron chi connectivity index (χ3n) is 14.6. The van der Waals surface area contributed by atoms with Crippen LogP contribution < -0.4 is 16.0 Å². The zero-order chi connectivity index (χ0) is 62.2. The van der Waals surface area contributed by atoms with E-state index in [0.29, 0.717) is 51.5 Å². The van der Waals surface area contributed by atoms with E-state index in [2.05, 4.69) is 61.7 Å². The van der Waals surface area contributed by atoms with Gasteiger partial charge in [-0.25, -0.2) is 13.2 Å². The second kappa shape index (κ2) is 27.7. The Morgan fingerprint density at radius 2 is 0.724 bits per heavy atom. The molecule has 1 unspecified atom stereocenters. The van der Waals surface area contributed by atoms with Crippen molar-refractivity contribution in [2.75, 3.05) is 6.26 Å². The number of nitrogens with one attached hydrogen (secondary N) is 3. The predicted molar refractivity (Wildman–Crippen MR) is 314 cm³/mol. The molecule has 3 aromatic carbocycles. The first-order valence-corrected chi connectivity index (χ1v) is 29.8. The van der Waals surface area contributed by atoms with Gasteiger partial charge in [-0.1, -0.05) is 93.4 Å². The molecule has 26 heteroatoms. The van der Waals surface area contributed by atoms with Crippen LogP contribution in [0.1, 0.15) is 182 Å². The standard InChI is InChI=1S/3C20H22FN5O2.CH3FS/c3*1-11(2)17(20-23-18(25-28-20)13-5-4-6-14(21)9-13)22-19(27)16-10-15(12-7-8-12)24-26(16)3;1-3-2/h3*4-6,9-12,17H,7-8H2,1-3H3,(H,22,27);1H3/t2*17-;;/m10../s1. The minimum Gasteiger partial charge on any atom is -0.339 e. The molecule has 6 heterocycles. The fraction of sp³-hybridized carbons (Fsp3) is 0.410. The average molecular weight is 1220 g/mol. The molecule has 3 aliphatic rings. The third kappa shape index (κ3) is 16.0. The van der Waals surface area contributed by atoms with Gasteiger partial charge in [0.05, 0.1) is 17.1 Å². The molecule has 9 aromatic rings. The van der Waals surface area contributed by atoms with Gasteiger partial charge in [-0.3, -0.25) is 28.4 Å². The Balaban J connectivity index is 0.000000152. The van der Waals surface area contributed by atoms with E-state index in [-0.39, 0.29) is 100 Å². The molecular formula is C61H69F4N15O6S. The predicted octanol–water partition coefficient (Wildman–Crippen LogP) is 12.1. The van der Waals surface area contributed by atoms with Gasteiger partial charge < -0.3 is 29.5 Å². The van der Waals surface area contributed by atoms with Crippen LogP contribution >= 0.6 is 12.1 Å². The van der Waals surface area contributed by atoms with Crippen LogP contribution in [-0.2, 0) is 21.1 Å². The van der Waals surface area contributed by atoms with Crippen molar-refractivity contribution >= 4 is 29.9 Å². The van der Waals surface area contributed by atoms with Crippen molar-refractivity contribution in [1.82, 2.24) is 75.7 Å². The monoisotopic (exact) mass is 1220 g/mol. The number of hydrogen-bond donors (Lipinski definition) is 3. The summed E-state index contributed by atoms with van der Waals surface area (Å²) in [5.41, 5.74) is 5.92. The quantitative estimate of drug-likeness (QED) is 0.0675. The van der Waals surface area contributed by atoms with Gasteiger partial charge in [-0.2, -0.15) is 34.1 Å². The summed E-state index contributed by atoms with van der Waals surface area (Å²) >= 11 is 0.250. The minimum atomic E-state index is -0.471. The van der Waals surface area contributed by atoms with E-state index >= 15 is 0 Å². The maximum Gasteiger partial charge on any atom is 0.270 e. The van der Waals surface area contributed by atoms with Crippen LogP contribution in [0.3, 0.4) is 0 Å². The lowest BCUT2D eigenvalue weighted by Gasteiger charge is -2.18. The highest BCUT2D eigenvalue weighted by Crippen LogP contribution is 2.41. The van der Waals surface area contributed by atoms with Crippen molar-refractivity contribution < 1.29 is 45.0 Å². The summed E-state index contributed by atoms with van der Waals surface area (Å²) in [4.78, 5) is 51.6. The molecule has 6 aromatic heterocycles. The summed E-state index contributed by atoms with van der Waals surface area (Å²) in [6, 6.07) is 22.1. The van der Waals surface area contributed by atoms with Crippen molar-refractivity contribution in [3.63, 3.8) is 0 Å². The topological polar surface area (TPSA) is 258 Å². The van der Waals surface area contributed by atoms with E-state index in [0.717, 1.165) is 55.6 Å². The van der Waals surface area contributed by atoms with Gasteiger partial charge in [-0.15, -0.1) is 0 Å². The van der Waals surface area contributed by atoms with E-state index in [1.165, 1.54) is 42.7 Å². The summed E-state index contributed by atoms with van der Waals surface area (Å²) < 4.78 is 71.5. The maximum absolute atomic E-state index is 13.5. The second-order valence-corrected chi connectivity index (χ2v) is 23.0. The molecule has 3 atom stereocenters. The molecule has 3 fully saturated rings. The Kier molecular flexibility index (Phi) is 20.0. The van der Waals surface area contributed by atoms with Crippen LogP contribution in [0.25, 0.3) is 34.2 Å². The molecule has 3 N–H and O–H groups in total. The van der Waals surface area contributed by atoms with Crippen molar-refractivity contribution in [2.45, 2.75) is 116 Å². The van der Waals surface area contributed by atoms with Crippen LogP contribution in [0.15, 0.2) is 105 Å². The molecule has 3 saturated carbocycles. The summed E-state index contributed by atoms with van der Waals surface area (Å²) in [5.74, 6) is 1.30. The number of amides is 3. The number of hydrogen-bond acceptors (Lipinski definition) is 16. The number of rotatable bonds is 18. The lowest BCUT2D eigenvalue weighted by molar-refractivity contribution is 0.0897. The van der Waals surface area contributed by atoms with E-state index in [1.54, 1.807) is 71.6 Å². The lowest BCUT2D eigenvalue weighted by Crippen LogP contribution is -2.33. The second-order valence-electron chi connectivity index (χ2n) is 22.7. The van der Waals surface area contributed by atoms with E-state index in [9.17, 15) is 31.4 Å². The highest BCUT2D eigenvalue weighted by Gasteiger charge is 2.34. The summed E-state index contributed by atoms with van der Waals surface area (Å²) in [5, 5.41) is 34.1. The van der Waals surface area contributed by atoms with Crippen molar-refractivity contribution in [2.24, 2.45) is 38.9 Å². The summed E-state index contributed by atoms with van der Waals surface area (Å²) in [6.45, 7) is 11.7. The first kappa shape index (κ1) is 62.7. The highest BCUT2D eigenvalue weighted by atomic mass is 32.2. The molecule has 0 bridgehead atoms. The average Bonchev–Trinajstić information content (AvgIpc) is 2.49. The Labute approximate surface area is 504 Å². The molecule has 3 aliphatic carbocycles. The van der Waals surface area contributed by atoms with Gasteiger partial charge in [0, 0.05) is 74.0 Å². The van der Waals surface area contributed by atoms with Gasteiger partial charge in [0.25, 0.3) is 17.7 Å². The fourth-order valence-corrected chi connectivity index (χ4v) is 9.35. The Morgan fingerprint density at radius 1 is 0.471 bits per heavy atom. The molecule has 0 saturated heterocycles. The smallest absolute Gasteiger partial charge is 0.270 e. The van der Waals surface area contributed by atoms with Gasteiger partial charge >= 0.3 is 0 Å². The Bertz CT molecular complexity index is 3430. The van der Waals surface area contributed by atoms with Crippen LogP contribution in [0.2, 0.25) is 0 Å². The Hall–Kier alpha value is -8.81. The van der Waals surface area contributed by atoms with Crippen molar-refractivity contribution in [1.29, 1.82) is 0 Å². The number of aryl methyl sites for hydroxylation is 3. The first-order chi connectivity index (χ1) is 41.7. The number of aromatic nitrogens is 12. The van der Waals surface area contributed by atoms with E-state index < -0.39 is 18.1 Å². The maximum atomic E-state index is 13.5. The molecule has 0 spiro atoms. The molecule has 0 radical (unpaired) electrons. The zero-order valence-corrected chi connectivity index (χ0v) is 50.7. The number of halogens is 4. The number of carbonyl (C=O) groups excluding carboxylic acids is 3. The number of carbonyl (C=O) groups is 3. The number of nitrogens with zero attached hydrogens (tertiary/aromatic N) is 12. The van der Waals surface area contributed by atoms with Crippen molar-refractivity contribution in [3.8, 4) is 34.2 Å². The molecule has 458 valence electrons. The zero-order valence-electron chi connectivity index (χ0n) is 49.8. The SMILES string of the molecule is CC(C)C(NC(=O)c1cc(C2CC2)nn1C)c1nc(-c2cccc(F)c2)no1.CC(C)[C@@H](NC(=O)c1cc(C2CC2)nn1C)c1nc(-c2cccc(F)c2)no1.CC(C)[C@H](NC(=O)c1cc(C2CC2)nn1C)c1nc(-c2cccc(F)c2)no1.CSF. The molecule has 21 nitrogen and oxygen atoms in total. The van der Waals surface area contributed by atoms with Gasteiger partial charge in [0.2, 0.25) is 35.1 Å². The largest absolute Gasteiger partial charge is 0.339 e. The lowest BCUT2D eigenvalue weighted by atomic mass is 10.0. The fourth-order valence-electron chi connectivity index (χ4n) is 9.35. The van der Waals surface area contributed by atoms with Crippen LogP contribution in [-0.4, -0.2) is 83.7 Å². The molecule has 12 rings (SSSR count). The van der Waals surface area contributed by atoms with E-state index in [1.807, 2.05) is 59.7 Å². The van der Waals surface area contributed by atoms with Crippen LogP contribution in [0, 0.1) is 35.2 Å². The summed E-state index contributed by atoms with van der Waals surface area (Å²) in [7, 11) is 5.29. The van der Waals surface area contributed by atoms with Gasteiger partial charge in [0.15, 0.2) is 0 Å². The normalized spacial score (nSPS) is 14.7. The third-order valence-corrected chi connectivity index (χ3v) is 14.6. The van der Waals surface area contributed by atoms with Crippen LogP contribution in [0.4, 0.5) is 17.1 Å². The minimum absolute atomic E-state index is 0.0147. The highest BCUT2D eigenvalue weighted by molar-refractivity contribution is 7.93. The molecule has 87 heavy (non-hydrogen) atoms. The van der Waals surface area contributed by atoms with E-state index in [4.69, 9.17) is 13.6 Å². The van der Waals surface area contributed by atoms with Gasteiger partial charge in [0.1, 0.15) is 52.7 Å². The number of benzene rings is 3.